The SMILES string of the molecule is Cc1nc(Nc2cc(N[C@@H]3CCCC[C@@H]3N)cnc2C(N)=O)ccc1-c1cccc(-n2nccn2)c1. The molecule has 0 spiro atoms. The number of aromatic nitrogens is 5. The minimum Gasteiger partial charge on any atom is -0.379 e. The number of pyridine rings is 2. The number of carbonyl (C=O) groups is 1. The van der Waals surface area contributed by atoms with Crippen LogP contribution in [-0.2, 0) is 0 Å². The molecule has 2 atom stereocenters. The molecule has 6 N–H and O–H groups in total. The van der Waals surface area contributed by atoms with Crippen LogP contribution in [0.25, 0.3) is 16.8 Å². The van der Waals surface area contributed by atoms with Crippen LogP contribution in [0.5, 0.6) is 0 Å². The standard InChI is InChI=1S/C26H29N9O/c1-16-20(17-5-4-6-19(13-17)35-30-11-12-31-35)9-10-24(32-16)34-23-14-18(15-29-25(23)26(28)36)33-22-8-3-2-7-21(22)27/h4-6,9-15,21-22,33H,2-3,7-8,27H2,1H3,(H2,28,36)(H,32,34)/t21-,22+/m0/s1. The molecule has 1 aliphatic rings. The minimum atomic E-state index is -0.615. The van der Waals surface area contributed by atoms with Crippen molar-refractivity contribution in [1.29, 1.82) is 0 Å². The smallest absolute Gasteiger partial charge is 0.269 e. The van der Waals surface area contributed by atoms with Crippen LogP contribution in [0.15, 0.2) is 61.1 Å². The van der Waals surface area contributed by atoms with Crippen molar-refractivity contribution < 1.29 is 4.79 Å². The van der Waals surface area contributed by atoms with Gasteiger partial charge in [-0.25, -0.2) is 9.97 Å². The van der Waals surface area contributed by atoms with Gasteiger partial charge in [0.05, 0.1) is 35.7 Å². The topological polar surface area (TPSA) is 150 Å². The van der Waals surface area contributed by atoms with E-state index in [0.717, 1.165) is 53.9 Å². The maximum absolute atomic E-state index is 12.0. The van der Waals surface area contributed by atoms with Crippen LogP contribution in [0, 0.1) is 6.92 Å². The monoisotopic (exact) mass is 483 g/mol. The van der Waals surface area contributed by atoms with E-state index in [-0.39, 0.29) is 17.8 Å². The van der Waals surface area contributed by atoms with Crippen molar-refractivity contribution >= 4 is 23.1 Å². The third-order valence-electron chi connectivity index (χ3n) is 6.45. The Bertz CT molecular complexity index is 1370. The number of hydrogen-bond acceptors (Lipinski definition) is 8. The van der Waals surface area contributed by atoms with Gasteiger partial charge in [-0.3, -0.25) is 4.79 Å². The first-order valence-electron chi connectivity index (χ1n) is 12.0. The number of rotatable bonds is 7. The average molecular weight is 484 g/mol. The Hall–Kier alpha value is -4.31. The summed E-state index contributed by atoms with van der Waals surface area (Å²) in [4.78, 5) is 22.6. The number of primary amides is 1. The fraction of sp³-hybridized carbons (Fsp3) is 0.269. The van der Waals surface area contributed by atoms with E-state index < -0.39 is 5.91 Å². The normalized spacial score (nSPS) is 17.5. The van der Waals surface area contributed by atoms with Crippen LogP contribution in [0.4, 0.5) is 17.2 Å². The number of hydrogen-bond donors (Lipinski definition) is 4. The van der Waals surface area contributed by atoms with Crippen molar-refractivity contribution in [3.8, 4) is 16.8 Å². The lowest BCUT2D eigenvalue weighted by Crippen LogP contribution is -2.42. The van der Waals surface area contributed by atoms with Crippen molar-refractivity contribution in [2.24, 2.45) is 11.5 Å². The highest BCUT2D eigenvalue weighted by atomic mass is 16.1. The third-order valence-corrected chi connectivity index (χ3v) is 6.45. The summed E-state index contributed by atoms with van der Waals surface area (Å²) in [6, 6.07) is 13.9. The Morgan fingerprint density at radius 1 is 1.08 bits per heavy atom. The van der Waals surface area contributed by atoms with Gasteiger partial charge in [0.1, 0.15) is 5.82 Å². The quantitative estimate of drug-likeness (QED) is 0.312. The molecule has 4 aromatic rings. The van der Waals surface area contributed by atoms with Gasteiger partial charge in [0.25, 0.3) is 5.91 Å². The molecule has 0 radical (unpaired) electrons. The maximum atomic E-state index is 12.0. The van der Waals surface area contributed by atoms with Gasteiger partial charge in [-0.1, -0.05) is 25.0 Å². The molecule has 5 rings (SSSR count). The molecule has 1 saturated carbocycles. The highest BCUT2D eigenvalue weighted by molar-refractivity contribution is 5.97. The molecule has 10 nitrogen and oxygen atoms in total. The van der Waals surface area contributed by atoms with E-state index in [2.05, 4.69) is 25.8 Å². The van der Waals surface area contributed by atoms with Crippen molar-refractivity contribution in [2.45, 2.75) is 44.7 Å². The zero-order valence-corrected chi connectivity index (χ0v) is 20.1. The lowest BCUT2D eigenvalue weighted by atomic mass is 9.91. The second kappa shape index (κ2) is 10.1. The maximum Gasteiger partial charge on any atom is 0.269 e. The number of anilines is 3. The first-order chi connectivity index (χ1) is 17.5. The van der Waals surface area contributed by atoms with Crippen LogP contribution in [0.3, 0.4) is 0 Å². The molecule has 3 heterocycles. The highest BCUT2D eigenvalue weighted by Crippen LogP contribution is 2.29. The molecule has 0 bridgehead atoms. The second-order valence-electron chi connectivity index (χ2n) is 9.01. The van der Waals surface area contributed by atoms with Crippen LogP contribution < -0.4 is 22.1 Å². The van der Waals surface area contributed by atoms with Gasteiger partial charge in [-0.05, 0) is 55.7 Å². The van der Waals surface area contributed by atoms with E-state index in [0.29, 0.717) is 11.5 Å². The molecule has 36 heavy (non-hydrogen) atoms. The van der Waals surface area contributed by atoms with Crippen molar-refractivity contribution in [2.75, 3.05) is 10.6 Å². The van der Waals surface area contributed by atoms with Crippen LogP contribution >= 0.6 is 0 Å². The molecule has 1 fully saturated rings. The fourth-order valence-corrected chi connectivity index (χ4v) is 4.61. The summed E-state index contributed by atoms with van der Waals surface area (Å²) in [6.45, 7) is 1.94. The number of nitrogens with one attached hydrogen (secondary N) is 2. The summed E-state index contributed by atoms with van der Waals surface area (Å²) < 4.78 is 0. The summed E-state index contributed by atoms with van der Waals surface area (Å²) in [6.07, 6.45) is 9.19. The molecule has 184 valence electrons. The van der Waals surface area contributed by atoms with Gasteiger partial charge in [0.15, 0.2) is 5.69 Å². The van der Waals surface area contributed by atoms with Gasteiger partial charge < -0.3 is 22.1 Å². The van der Waals surface area contributed by atoms with Gasteiger partial charge in [0, 0.05) is 23.3 Å². The molecule has 1 aromatic carbocycles. The van der Waals surface area contributed by atoms with E-state index >= 15 is 0 Å². The Morgan fingerprint density at radius 3 is 2.64 bits per heavy atom. The number of nitrogens with zero attached hydrogens (tertiary/aromatic N) is 5. The zero-order valence-electron chi connectivity index (χ0n) is 20.1. The molecule has 0 aliphatic heterocycles. The van der Waals surface area contributed by atoms with Gasteiger partial charge in [0.2, 0.25) is 0 Å². The van der Waals surface area contributed by atoms with E-state index in [1.807, 2.05) is 49.4 Å². The van der Waals surface area contributed by atoms with Crippen molar-refractivity contribution in [3.63, 3.8) is 0 Å². The summed E-state index contributed by atoms with van der Waals surface area (Å²) in [7, 11) is 0. The summed E-state index contributed by atoms with van der Waals surface area (Å²) in [5.41, 5.74) is 17.0. The number of carbonyl (C=O) groups excluding carboxylic acids is 1. The van der Waals surface area contributed by atoms with Gasteiger partial charge >= 0.3 is 0 Å². The molecular weight excluding hydrogens is 454 g/mol. The summed E-state index contributed by atoms with van der Waals surface area (Å²) >= 11 is 0. The molecule has 1 aliphatic carbocycles. The Kier molecular flexibility index (Phi) is 6.59. The van der Waals surface area contributed by atoms with Crippen LogP contribution in [0.2, 0.25) is 0 Å². The Morgan fingerprint density at radius 2 is 1.89 bits per heavy atom. The molecule has 1 amide bonds. The Balaban J connectivity index is 1.40. The lowest BCUT2D eigenvalue weighted by Gasteiger charge is -2.30. The molecule has 0 saturated heterocycles. The van der Waals surface area contributed by atoms with E-state index in [1.165, 1.54) is 0 Å². The summed E-state index contributed by atoms with van der Waals surface area (Å²) in [5, 5.41) is 15.1. The zero-order chi connectivity index (χ0) is 25.1. The predicted octanol–water partition coefficient (Wildman–Crippen LogP) is 3.56. The number of aryl methyl sites for hydroxylation is 1. The van der Waals surface area contributed by atoms with E-state index in [9.17, 15) is 4.79 Å². The largest absolute Gasteiger partial charge is 0.379 e. The average Bonchev–Trinajstić information content (AvgIpc) is 3.41. The first kappa shape index (κ1) is 23.4. The van der Waals surface area contributed by atoms with E-state index in [4.69, 9.17) is 16.5 Å². The minimum absolute atomic E-state index is 0.0883. The summed E-state index contributed by atoms with van der Waals surface area (Å²) in [5.74, 6) is -0.0345. The number of nitrogens with two attached hydrogens (primary N) is 2. The predicted molar refractivity (Wildman–Crippen MR) is 139 cm³/mol. The highest BCUT2D eigenvalue weighted by Gasteiger charge is 2.22. The number of benzene rings is 1. The molecular formula is C26H29N9O. The second-order valence-corrected chi connectivity index (χ2v) is 9.01. The lowest BCUT2D eigenvalue weighted by molar-refractivity contribution is 0.0996. The van der Waals surface area contributed by atoms with Crippen molar-refractivity contribution in [1.82, 2.24) is 25.0 Å². The molecule has 0 unspecified atom stereocenters. The van der Waals surface area contributed by atoms with Crippen molar-refractivity contribution in [3.05, 3.63) is 72.4 Å². The van der Waals surface area contributed by atoms with Crippen LogP contribution in [0.1, 0.15) is 41.9 Å². The molecule has 3 aromatic heterocycles. The number of amides is 1. The first-order valence-corrected chi connectivity index (χ1v) is 12.0. The van der Waals surface area contributed by atoms with Gasteiger partial charge in [-0.2, -0.15) is 15.0 Å². The van der Waals surface area contributed by atoms with Gasteiger partial charge in [-0.15, -0.1) is 0 Å². The molecule has 10 heteroatoms. The Labute approximate surface area is 209 Å². The van der Waals surface area contributed by atoms with Crippen LogP contribution in [-0.4, -0.2) is 43.0 Å². The fourth-order valence-electron chi connectivity index (χ4n) is 4.61. The third kappa shape index (κ3) is 5.03. The van der Waals surface area contributed by atoms with E-state index in [1.54, 1.807) is 23.4 Å².